The van der Waals surface area contributed by atoms with Gasteiger partial charge in [-0.05, 0) is 30.2 Å². The van der Waals surface area contributed by atoms with Crippen LogP contribution >= 0.6 is 11.3 Å². The summed E-state index contributed by atoms with van der Waals surface area (Å²) >= 11 is 1.20. The number of ketones is 1. The maximum atomic E-state index is 13.4. The quantitative estimate of drug-likeness (QED) is 0.779. The van der Waals surface area contributed by atoms with Crippen LogP contribution in [0.4, 0.5) is 4.39 Å². The van der Waals surface area contributed by atoms with Crippen LogP contribution in [0, 0.1) is 5.82 Å². The number of fused-ring (bicyclic) bond motifs is 1. The first-order valence-electron chi connectivity index (χ1n) is 6.27. The Kier molecular flexibility index (Phi) is 2.94. The first kappa shape index (κ1) is 13.0. The van der Waals surface area contributed by atoms with Gasteiger partial charge in [-0.25, -0.2) is 4.39 Å². The number of thiazole rings is 1. The number of nitrogens with zero attached hydrogens (tertiary/aromatic N) is 1. The van der Waals surface area contributed by atoms with Crippen molar-refractivity contribution < 1.29 is 9.18 Å². The summed E-state index contributed by atoms with van der Waals surface area (Å²) in [5.74, 6) is -0.537. The van der Waals surface area contributed by atoms with E-state index in [1.54, 1.807) is 6.07 Å². The minimum absolute atomic E-state index is 0.132. The van der Waals surface area contributed by atoms with Crippen molar-refractivity contribution in [3.8, 4) is 0 Å². The Morgan fingerprint density at radius 3 is 2.80 bits per heavy atom. The monoisotopic (exact) mass is 289 g/mol. The van der Waals surface area contributed by atoms with E-state index in [1.165, 1.54) is 28.0 Å². The number of hydrogen-bond acceptors (Lipinski definition) is 3. The summed E-state index contributed by atoms with van der Waals surface area (Å²) in [5, 5.41) is 0. The molecule has 1 aliphatic rings. The van der Waals surface area contributed by atoms with Gasteiger partial charge in [0, 0.05) is 18.5 Å². The lowest BCUT2D eigenvalue weighted by atomic mass is 10.1. The van der Waals surface area contributed by atoms with Gasteiger partial charge in [0.1, 0.15) is 10.3 Å². The summed E-state index contributed by atoms with van der Waals surface area (Å²) in [7, 11) is 0. The molecule has 1 aromatic heterocycles. The van der Waals surface area contributed by atoms with Crippen molar-refractivity contribution >= 4 is 29.3 Å². The summed E-state index contributed by atoms with van der Waals surface area (Å²) in [6.07, 6.45) is 0.223. The minimum atomic E-state index is -0.404. The van der Waals surface area contributed by atoms with Gasteiger partial charge in [0.05, 0.1) is 4.66 Å². The fourth-order valence-corrected chi connectivity index (χ4v) is 3.61. The van der Waals surface area contributed by atoms with Gasteiger partial charge in [-0.3, -0.25) is 14.2 Å². The van der Waals surface area contributed by atoms with Crippen molar-refractivity contribution in [2.75, 3.05) is 0 Å². The smallest absolute Gasteiger partial charge is 0.269 e. The van der Waals surface area contributed by atoms with Gasteiger partial charge in [0.2, 0.25) is 0 Å². The van der Waals surface area contributed by atoms with Crippen molar-refractivity contribution in [3.63, 3.8) is 0 Å². The summed E-state index contributed by atoms with van der Waals surface area (Å²) in [5.41, 5.74) is 1.43. The number of hydrogen-bond donors (Lipinski definition) is 0. The number of Topliss-reactive ketones (excluding diaryl/α,β-unsaturated/α-hetero) is 1. The molecular weight excluding hydrogens is 277 g/mol. The molecule has 102 valence electrons. The Labute approximate surface area is 118 Å². The Bertz CT molecular complexity index is 892. The molecular formula is C15H12FNO2S. The number of carbonyl (C=O) groups is 1. The van der Waals surface area contributed by atoms with Gasteiger partial charge in [-0.15, -0.1) is 11.3 Å². The molecule has 0 spiro atoms. The summed E-state index contributed by atoms with van der Waals surface area (Å²) < 4.78 is 15.9. The Morgan fingerprint density at radius 1 is 1.40 bits per heavy atom. The second kappa shape index (κ2) is 4.52. The van der Waals surface area contributed by atoms with Gasteiger partial charge < -0.3 is 0 Å². The third-order valence-corrected chi connectivity index (χ3v) is 4.51. The van der Waals surface area contributed by atoms with Crippen LogP contribution in [0.25, 0.3) is 12.2 Å². The predicted molar refractivity (Wildman–Crippen MR) is 76.6 cm³/mol. The zero-order valence-electron chi connectivity index (χ0n) is 10.9. The van der Waals surface area contributed by atoms with Crippen LogP contribution in [0.2, 0.25) is 0 Å². The highest BCUT2D eigenvalue weighted by molar-refractivity contribution is 7.07. The molecule has 20 heavy (non-hydrogen) atoms. The third kappa shape index (κ3) is 1.78. The molecule has 0 aliphatic heterocycles. The topological polar surface area (TPSA) is 39.1 Å². The van der Waals surface area contributed by atoms with Crippen molar-refractivity contribution in [2.45, 2.75) is 19.9 Å². The van der Waals surface area contributed by atoms with E-state index >= 15 is 0 Å². The third-order valence-electron chi connectivity index (χ3n) is 3.47. The average Bonchev–Trinajstić information content (AvgIpc) is 2.85. The standard InChI is InChI=1S/C15H12FNO2S/c1-3-17-8(2)20-14(15(17)19)13-11-7-10(16)5-4-9(11)6-12(13)18/h4-5,7H,2-3,6H2,1H3/b14-13-. The van der Waals surface area contributed by atoms with Crippen molar-refractivity contribution in [1.82, 2.24) is 4.57 Å². The SMILES string of the molecule is C=c1s/c(=C2\C(=O)Cc3ccc(F)cc32)c(=O)n1CC. The molecule has 0 unspecified atom stereocenters. The Morgan fingerprint density at radius 2 is 2.15 bits per heavy atom. The van der Waals surface area contributed by atoms with E-state index in [-0.39, 0.29) is 17.8 Å². The van der Waals surface area contributed by atoms with Crippen molar-refractivity contribution in [1.29, 1.82) is 0 Å². The fourth-order valence-electron chi connectivity index (χ4n) is 2.53. The molecule has 0 saturated heterocycles. The highest BCUT2D eigenvalue weighted by atomic mass is 32.1. The molecule has 0 bridgehead atoms. The molecule has 5 heteroatoms. The average molecular weight is 289 g/mol. The van der Waals surface area contributed by atoms with Gasteiger partial charge in [0.25, 0.3) is 5.56 Å². The molecule has 0 amide bonds. The lowest BCUT2D eigenvalue weighted by Gasteiger charge is -1.98. The molecule has 1 aliphatic carbocycles. The molecule has 0 radical (unpaired) electrons. The first-order chi connectivity index (χ1) is 9.52. The number of halogens is 1. The van der Waals surface area contributed by atoms with Crippen molar-refractivity contribution in [3.05, 3.63) is 54.7 Å². The number of carbonyl (C=O) groups excluding carboxylic acids is 1. The molecule has 0 atom stereocenters. The van der Waals surface area contributed by atoms with Crippen LogP contribution in [-0.4, -0.2) is 10.4 Å². The summed E-state index contributed by atoms with van der Waals surface area (Å²) in [6, 6.07) is 4.26. The second-order valence-corrected chi connectivity index (χ2v) is 5.73. The maximum absolute atomic E-state index is 13.4. The van der Waals surface area contributed by atoms with E-state index in [1.807, 2.05) is 6.92 Å². The van der Waals surface area contributed by atoms with E-state index in [2.05, 4.69) is 6.58 Å². The molecule has 0 saturated carbocycles. The van der Waals surface area contributed by atoms with Gasteiger partial charge in [0.15, 0.2) is 5.78 Å². The number of aromatic nitrogens is 1. The molecule has 2 aromatic rings. The van der Waals surface area contributed by atoms with Crippen LogP contribution < -0.4 is 14.8 Å². The van der Waals surface area contributed by atoms with Crippen molar-refractivity contribution in [2.24, 2.45) is 0 Å². The summed E-state index contributed by atoms with van der Waals surface area (Å²) in [4.78, 5) is 24.5. The van der Waals surface area contributed by atoms with Gasteiger partial charge in [-0.2, -0.15) is 0 Å². The lowest BCUT2D eigenvalue weighted by Crippen LogP contribution is -2.32. The van der Waals surface area contributed by atoms with E-state index in [0.29, 0.717) is 26.9 Å². The van der Waals surface area contributed by atoms with Crippen LogP contribution in [0.1, 0.15) is 18.1 Å². The minimum Gasteiger partial charge on any atom is -0.300 e. The fraction of sp³-hybridized carbons (Fsp3) is 0.200. The van der Waals surface area contributed by atoms with E-state index in [9.17, 15) is 14.0 Å². The van der Waals surface area contributed by atoms with E-state index in [0.717, 1.165) is 5.56 Å². The van der Waals surface area contributed by atoms with Gasteiger partial charge in [-0.1, -0.05) is 12.6 Å². The molecule has 0 fully saturated rings. The molecule has 3 nitrogen and oxygen atoms in total. The normalized spacial score (nSPS) is 16.6. The van der Waals surface area contributed by atoms with E-state index < -0.39 is 5.82 Å². The lowest BCUT2D eigenvalue weighted by molar-refractivity contribution is -0.112. The highest BCUT2D eigenvalue weighted by Crippen LogP contribution is 2.27. The molecule has 3 rings (SSSR count). The van der Waals surface area contributed by atoms with E-state index in [4.69, 9.17) is 0 Å². The van der Waals surface area contributed by atoms with Gasteiger partial charge >= 0.3 is 0 Å². The van der Waals surface area contributed by atoms with Crippen LogP contribution in [0.3, 0.4) is 0 Å². The van der Waals surface area contributed by atoms with Crippen LogP contribution in [-0.2, 0) is 17.8 Å². The molecule has 0 N–H and O–H groups in total. The van der Waals surface area contributed by atoms with Crippen LogP contribution in [0.5, 0.6) is 0 Å². The molecule has 1 heterocycles. The maximum Gasteiger partial charge on any atom is 0.269 e. The zero-order chi connectivity index (χ0) is 14.4. The predicted octanol–water partition coefficient (Wildman–Crippen LogP) is 0.803. The zero-order valence-corrected chi connectivity index (χ0v) is 11.7. The number of benzene rings is 1. The largest absolute Gasteiger partial charge is 0.300 e. The molecule has 1 aromatic carbocycles. The van der Waals surface area contributed by atoms with Crippen LogP contribution in [0.15, 0.2) is 23.0 Å². The highest BCUT2D eigenvalue weighted by Gasteiger charge is 2.27. The summed E-state index contributed by atoms with van der Waals surface area (Å²) in [6.45, 7) is 6.18. The Balaban J connectivity index is 2.45. The second-order valence-electron chi connectivity index (χ2n) is 4.65. The number of rotatable bonds is 1. The Hall–Kier alpha value is -2.01. The first-order valence-corrected chi connectivity index (χ1v) is 7.09.